The molecule has 21 heavy (non-hydrogen) atoms. The van der Waals surface area contributed by atoms with Gasteiger partial charge in [0.1, 0.15) is 11.5 Å². The Morgan fingerprint density at radius 3 is 1.86 bits per heavy atom. The minimum atomic E-state index is 0.0931. The molecule has 0 saturated heterocycles. The Morgan fingerprint density at radius 2 is 1.19 bits per heavy atom. The zero-order valence-electron chi connectivity index (χ0n) is 11.3. The summed E-state index contributed by atoms with van der Waals surface area (Å²) in [6.45, 7) is 0. The molecule has 0 aliphatic carbocycles. The van der Waals surface area contributed by atoms with Crippen molar-refractivity contribution in [3.8, 4) is 22.6 Å². The van der Waals surface area contributed by atoms with Crippen molar-refractivity contribution in [2.24, 2.45) is 0 Å². The molecule has 3 rings (SSSR count). The molecule has 0 amide bonds. The SMILES string of the molecule is Oc1ccc(O)c(-c2ccccc2)c1Nc1ccccc1. The third-order valence-electron chi connectivity index (χ3n) is 3.27. The minimum Gasteiger partial charge on any atom is -0.507 e. The van der Waals surface area contributed by atoms with Crippen LogP contribution in [0.2, 0.25) is 0 Å². The third kappa shape index (κ3) is 2.67. The topological polar surface area (TPSA) is 52.5 Å². The van der Waals surface area contributed by atoms with Crippen LogP contribution in [0.3, 0.4) is 0 Å². The molecule has 104 valence electrons. The number of para-hydroxylation sites is 1. The molecule has 3 aromatic rings. The first-order chi connectivity index (χ1) is 10.3. The quantitative estimate of drug-likeness (QED) is 0.487. The van der Waals surface area contributed by atoms with Crippen LogP contribution in [-0.2, 0) is 0 Å². The molecule has 3 aromatic carbocycles. The maximum atomic E-state index is 10.2. The highest BCUT2D eigenvalue weighted by Crippen LogP contribution is 2.42. The van der Waals surface area contributed by atoms with Crippen LogP contribution in [0.25, 0.3) is 11.1 Å². The molecule has 0 heterocycles. The smallest absolute Gasteiger partial charge is 0.139 e. The van der Waals surface area contributed by atoms with Gasteiger partial charge in [0.2, 0.25) is 0 Å². The normalized spacial score (nSPS) is 10.3. The largest absolute Gasteiger partial charge is 0.507 e. The highest BCUT2D eigenvalue weighted by atomic mass is 16.3. The summed E-state index contributed by atoms with van der Waals surface area (Å²) in [5, 5.41) is 23.5. The first kappa shape index (κ1) is 13.1. The van der Waals surface area contributed by atoms with Gasteiger partial charge in [-0.15, -0.1) is 0 Å². The molecule has 0 unspecified atom stereocenters. The fraction of sp³-hybridized carbons (Fsp3) is 0. The second kappa shape index (κ2) is 5.59. The molecule has 3 nitrogen and oxygen atoms in total. The number of phenols is 2. The lowest BCUT2D eigenvalue weighted by molar-refractivity contribution is 0.464. The van der Waals surface area contributed by atoms with Gasteiger partial charge in [-0.25, -0.2) is 0 Å². The fourth-order valence-corrected chi connectivity index (χ4v) is 2.27. The number of nitrogens with one attached hydrogen (secondary N) is 1. The number of phenolic OH excluding ortho intramolecular Hbond substituents is 2. The summed E-state index contributed by atoms with van der Waals surface area (Å²) in [6.07, 6.45) is 0. The lowest BCUT2D eigenvalue weighted by Gasteiger charge is -2.15. The van der Waals surface area contributed by atoms with E-state index in [0.29, 0.717) is 11.3 Å². The number of benzene rings is 3. The van der Waals surface area contributed by atoms with E-state index in [1.807, 2.05) is 60.7 Å². The standard InChI is InChI=1S/C18H15NO2/c20-15-11-12-16(21)18(19-14-9-5-2-6-10-14)17(15)13-7-3-1-4-8-13/h1-12,19-21H. The number of hydrogen-bond donors (Lipinski definition) is 3. The molecule has 3 heteroatoms. The molecule has 0 aromatic heterocycles. The Balaban J connectivity index is 2.13. The molecule has 0 aliphatic rings. The predicted octanol–water partition coefficient (Wildman–Crippen LogP) is 4.51. The van der Waals surface area contributed by atoms with E-state index in [0.717, 1.165) is 11.3 Å². The zero-order valence-corrected chi connectivity index (χ0v) is 11.3. The summed E-state index contributed by atoms with van der Waals surface area (Å²) >= 11 is 0. The highest BCUT2D eigenvalue weighted by Gasteiger charge is 2.14. The summed E-state index contributed by atoms with van der Waals surface area (Å²) in [5.74, 6) is 0.216. The first-order valence-electron chi connectivity index (χ1n) is 6.68. The van der Waals surface area contributed by atoms with Crippen LogP contribution in [0.5, 0.6) is 11.5 Å². The second-order valence-corrected chi connectivity index (χ2v) is 4.71. The Kier molecular flexibility index (Phi) is 3.48. The summed E-state index contributed by atoms with van der Waals surface area (Å²) in [5.41, 5.74) is 2.76. The number of hydrogen-bond acceptors (Lipinski definition) is 3. The summed E-state index contributed by atoms with van der Waals surface area (Å²) in [4.78, 5) is 0. The van der Waals surface area contributed by atoms with Crippen molar-refractivity contribution < 1.29 is 10.2 Å². The Labute approximate surface area is 123 Å². The van der Waals surface area contributed by atoms with E-state index >= 15 is 0 Å². The summed E-state index contributed by atoms with van der Waals surface area (Å²) in [7, 11) is 0. The average molecular weight is 277 g/mol. The van der Waals surface area contributed by atoms with Crippen molar-refractivity contribution in [3.05, 3.63) is 72.8 Å². The Hall–Kier alpha value is -2.94. The zero-order chi connectivity index (χ0) is 14.7. The van der Waals surface area contributed by atoms with E-state index in [4.69, 9.17) is 0 Å². The van der Waals surface area contributed by atoms with Gasteiger partial charge in [-0.05, 0) is 29.8 Å². The maximum absolute atomic E-state index is 10.2. The lowest BCUT2D eigenvalue weighted by Crippen LogP contribution is -1.94. The maximum Gasteiger partial charge on any atom is 0.139 e. The van der Waals surface area contributed by atoms with Crippen LogP contribution in [0.15, 0.2) is 72.8 Å². The number of rotatable bonds is 3. The van der Waals surface area contributed by atoms with E-state index in [1.54, 1.807) is 0 Å². The minimum absolute atomic E-state index is 0.0931. The highest BCUT2D eigenvalue weighted by molar-refractivity contribution is 5.89. The van der Waals surface area contributed by atoms with Gasteiger partial charge in [0.05, 0.1) is 11.3 Å². The fourth-order valence-electron chi connectivity index (χ4n) is 2.27. The predicted molar refractivity (Wildman–Crippen MR) is 84.9 cm³/mol. The molecule has 0 bridgehead atoms. The van der Waals surface area contributed by atoms with Crippen molar-refractivity contribution in [1.29, 1.82) is 0 Å². The van der Waals surface area contributed by atoms with Crippen molar-refractivity contribution in [2.45, 2.75) is 0 Å². The summed E-state index contributed by atoms with van der Waals surface area (Å²) < 4.78 is 0. The van der Waals surface area contributed by atoms with Gasteiger partial charge in [-0.1, -0.05) is 48.5 Å². The van der Waals surface area contributed by atoms with Gasteiger partial charge in [-0.2, -0.15) is 0 Å². The first-order valence-corrected chi connectivity index (χ1v) is 6.68. The molecule has 0 atom stereocenters. The second-order valence-electron chi connectivity index (χ2n) is 4.71. The molecule has 0 radical (unpaired) electrons. The van der Waals surface area contributed by atoms with E-state index in [2.05, 4.69) is 5.32 Å². The van der Waals surface area contributed by atoms with Crippen molar-refractivity contribution >= 4 is 11.4 Å². The van der Waals surface area contributed by atoms with Gasteiger partial charge in [-0.3, -0.25) is 0 Å². The molecule has 0 aliphatic heterocycles. The number of aromatic hydroxyl groups is 2. The van der Waals surface area contributed by atoms with Gasteiger partial charge in [0, 0.05) is 5.69 Å². The molecule has 0 spiro atoms. The average Bonchev–Trinajstić information content (AvgIpc) is 2.53. The van der Waals surface area contributed by atoms with Crippen molar-refractivity contribution in [1.82, 2.24) is 0 Å². The third-order valence-corrected chi connectivity index (χ3v) is 3.27. The van der Waals surface area contributed by atoms with E-state index in [1.165, 1.54) is 12.1 Å². The van der Waals surface area contributed by atoms with E-state index < -0.39 is 0 Å². The van der Waals surface area contributed by atoms with E-state index in [-0.39, 0.29) is 11.5 Å². The molecular formula is C18H15NO2. The van der Waals surface area contributed by atoms with Crippen molar-refractivity contribution in [2.75, 3.05) is 5.32 Å². The Morgan fingerprint density at radius 1 is 0.619 bits per heavy atom. The van der Waals surface area contributed by atoms with Gasteiger partial charge >= 0.3 is 0 Å². The van der Waals surface area contributed by atoms with Crippen LogP contribution >= 0.6 is 0 Å². The Bertz CT molecular complexity index is 740. The lowest BCUT2D eigenvalue weighted by atomic mass is 10.0. The number of anilines is 2. The molecule has 0 saturated carbocycles. The van der Waals surface area contributed by atoms with Crippen molar-refractivity contribution in [3.63, 3.8) is 0 Å². The van der Waals surface area contributed by atoms with Crippen LogP contribution < -0.4 is 5.32 Å². The molecular weight excluding hydrogens is 262 g/mol. The van der Waals surface area contributed by atoms with Crippen LogP contribution in [-0.4, -0.2) is 10.2 Å². The summed E-state index contributed by atoms with van der Waals surface area (Å²) in [6, 6.07) is 22.0. The monoisotopic (exact) mass is 277 g/mol. The van der Waals surface area contributed by atoms with Gasteiger partial charge in [0.25, 0.3) is 0 Å². The van der Waals surface area contributed by atoms with Crippen LogP contribution in [0.4, 0.5) is 11.4 Å². The molecule has 3 N–H and O–H groups in total. The molecule has 0 fully saturated rings. The van der Waals surface area contributed by atoms with Gasteiger partial charge < -0.3 is 15.5 Å². The van der Waals surface area contributed by atoms with Gasteiger partial charge in [0.15, 0.2) is 0 Å². The van der Waals surface area contributed by atoms with Crippen LogP contribution in [0, 0.1) is 0 Å². The van der Waals surface area contributed by atoms with E-state index in [9.17, 15) is 10.2 Å². The van der Waals surface area contributed by atoms with Crippen LogP contribution in [0.1, 0.15) is 0 Å².